The van der Waals surface area contributed by atoms with Gasteiger partial charge in [0.1, 0.15) is 29.6 Å². The summed E-state index contributed by atoms with van der Waals surface area (Å²) in [5.74, 6) is -5.34. The fourth-order valence-corrected chi connectivity index (χ4v) is 6.37. The largest absolute Gasteiger partial charge is 0.483 e. The molecule has 12 heteroatoms. The maximum atomic E-state index is 14.3. The quantitative estimate of drug-likeness (QED) is 0.454. The van der Waals surface area contributed by atoms with Crippen molar-refractivity contribution in [3.63, 3.8) is 0 Å². The number of amides is 3. The number of hydrogen-bond acceptors (Lipinski definition) is 5. The summed E-state index contributed by atoms with van der Waals surface area (Å²) in [5, 5.41) is 5.46. The van der Waals surface area contributed by atoms with Gasteiger partial charge in [-0.3, -0.25) is 19.2 Å². The standard InChI is InChI=1S/C31H29F3N4O5/c1-17-7-9-31(10-8-25(39)36-31)24-15-37(17)30(42)26-28(43-16-18-5-3-2-4-6-18)27(40)21(14-38(24)26)29(41)35-13-20-22(33)11-19(32)12-23(20)34/h2-6,11-12,14,17,24H,7-10,13,15-16H2,1H3,(H,35,41)(H,36,39)/t17-,24?,31-/m0/s1. The first-order valence-electron chi connectivity index (χ1n) is 14.1. The molecule has 0 saturated carbocycles. The number of ether oxygens (including phenoxy) is 1. The summed E-state index contributed by atoms with van der Waals surface area (Å²) >= 11 is 0. The van der Waals surface area contributed by atoms with E-state index in [4.69, 9.17) is 4.74 Å². The number of fused-ring (bicyclic) bond motifs is 5. The molecule has 3 aliphatic heterocycles. The van der Waals surface area contributed by atoms with Crippen molar-refractivity contribution < 1.29 is 32.3 Å². The number of pyridine rings is 1. The Morgan fingerprint density at radius 1 is 1.09 bits per heavy atom. The van der Waals surface area contributed by atoms with E-state index in [0.717, 1.165) is 0 Å². The number of nitrogens with zero attached hydrogens (tertiary/aromatic N) is 2. The van der Waals surface area contributed by atoms with Gasteiger partial charge in [-0.2, -0.15) is 0 Å². The Hall–Kier alpha value is -4.61. The smallest absolute Gasteiger partial charge is 0.274 e. The molecule has 224 valence electrons. The Kier molecular flexibility index (Phi) is 7.23. The Morgan fingerprint density at radius 3 is 2.49 bits per heavy atom. The summed E-state index contributed by atoms with van der Waals surface area (Å²) in [6.45, 7) is 1.42. The third kappa shape index (κ3) is 5.04. The summed E-state index contributed by atoms with van der Waals surface area (Å²) in [7, 11) is 0. The second kappa shape index (κ2) is 10.9. The van der Waals surface area contributed by atoms with Crippen LogP contribution in [-0.4, -0.2) is 45.3 Å². The molecule has 43 heavy (non-hydrogen) atoms. The maximum Gasteiger partial charge on any atom is 0.274 e. The van der Waals surface area contributed by atoms with Gasteiger partial charge in [-0.25, -0.2) is 13.2 Å². The topological polar surface area (TPSA) is 110 Å². The minimum Gasteiger partial charge on any atom is -0.483 e. The van der Waals surface area contributed by atoms with Crippen LogP contribution in [0.15, 0.2) is 53.5 Å². The number of carbonyl (C=O) groups excluding carboxylic acids is 3. The highest BCUT2D eigenvalue weighted by Crippen LogP contribution is 2.44. The molecule has 9 nitrogen and oxygen atoms in total. The van der Waals surface area contributed by atoms with Gasteiger partial charge in [0, 0.05) is 49.4 Å². The lowest BCUT2D eigenvalue weighted by molar-refractivity contribution is -0.120. The van der Waals surface area contributed by atoms with Crippen molar-refractivity contribution in [2.45, 2.75) is 63.4 Å². The van der Waals surface area contributed by atoms with Gasteiger partial charge < -0.3 is 24.8 Å². The minimum absolute atomic E-state index is 0.0290. The summed E-state index contributed by atoms with van der Waals surface area (Å²) < 4.78 is 49.4. The molecule has 2 bridgehead atoms. The van der Waals surface area contributed by atoms with Gasteiger partial charge in [-0.1, -0.05) is 30.3 Å². The number of hydrogen-bond donors (Lipinski definition) is 2. The van der Waals surface area contributed by atoms with E-state index in [1.54, 1.807) is 33.7 Å². The van der Waals surface area contributed by atoms with Crippen molar-refractivity contribution >= 4 is 17.7 Å². The monoisotopic (exact) mass is 594 g/mol. The van der Waals surface area contributed by atoms with Gasteiger partial charge in [0.25, 0.3) is 11.8 Å². The molecule has 0 radical (unpaired) electrons. The molecular weight excluding hydrogens is 565 g/mol. The van der Waals surface area contributed by atoms with Crippen molar-refractivity contribution in [1.29, 1.82) is 0 Å². The first-order valence-corrected chi connectivity index (χ1v) is 14.1. The average molecular weight is 595 g/mol. The molecule has 1 spiro atoms. The normalized spacial score (nSPS) is 22.7. The number of benzene rings is 2. The second-order valence-corrected chi connectivity index (χ2v) is 11.3. The van der Waals surface area contributed by atoms with Crippen molar-refractivity contribution in [2.24, 2.45) is 0 Å². The third-order valence-corrected chi connectivity index (χ3v) is 8.73. The average Bonchev–Trinajstić information content (AvgIpc) is 3.30. The van der Waals surface area contributed by atoms with Gasteiger partial charge in [-0.05, 0) is 31.7 Å². The minimum atomic E-state index is -1.19. The van der Waals surface area contributed by atoms with Crippen LogP contribution < -0.4 is 20.8 Å². The number of nitrogens with one attached hydrogen (secondary N) is 2. The molecule has 3 atom stereocenters. The van der Waals surface area contributed by atoms with E-state index in [1.165, 1.54) is 6.20 Å². The molecule has 3 aliphatic rings. The molecule has 0 aliphatic carbocycles. The van der Waals surface area contributed by atoms with E-state index in [2.05, 4.69) is 10.6 Å². The van der Waals surface area contributed by atoms with Crippen LogP contribution in [0, 0.1) is 17.5 Å². The van der Waals surface area contributed by atoms with Gasteiger partial charge in [0.2, 0.25) is 11.3 Å². The van der Waals surface area contributed by atoms with Crippen LogP contribution in [0.5, 0.6) is 5.75 Å². The van der Waals surface area contributed by atoms with Gasteiger partial charge in [0.15, 0.2) is 11.4 Å². The zero-order valence-electron chi connectivity index (χ0n) is 23.3. The number of halogens is 3. The van der Waals surface area contributed by atoms with E-state index < -0.39 is 63.9 Å². The van der Waals surface area contributed by atoms with Gasteiger partial charge in [0.05, 0.1) is 11.6 Å². The lowest BCUT2D eigenvalue weighted by atomic mass is 9.83. The van der Waals surface area contributed by atoms with Gasteiger partial charge in [-0.15, -0.1) is 0 Å². The summed E-state index contributed by atoms with van der Waals surface area (Å²) in [4.78, 5) is 55.3. The van der Waals surface area contributed by atoms with E-state index >= 15 is 0 Å². The Balaban J connectivity index is 1.46. The number of carbonyl (C=O) groups is 3. The van der Waals surface area contributed by atoms with Gasteiger partial charge >= 0.3 is 0 Å². The Morgan fingerprint density at radius 2 is 1.81 bits per heavy atom. The molecule has 4 heterocycles. The van der Waals surface area contributed by atoms with Crippen LogP contribution in [0.25, 0.3) is 0 Å². The van der Waals surface area contributed by atoms with Crippen LogP contribution in [0.1, 0.15) is 70.6 Å². The lowest BCUT2D eigenvalue weighted by Gasteiger charge is -2.43. The fraction of sp³-hybridized carbons (Fsp3) is 0.355. The SMILES string of the molecule is C[C@H]1CC[C@]2(CCC(=O)N2)C2CN1C(=O)c1c(OCc3ccccc3)c(=O)c(C(=O)NCc3c(F)cc(F)cc3F)cn12. The Bertz CT molecular complexity index is 1670. The fourth-order valence-electron chi connectivity index (χ4n) is 6.37. The van der Waals surface area contributed by atoms with Crippen LogP contribution in [-0.2, 0) is 17.9 Å². The van der Waals surface area contributed by atoms with Crippen LogP contribution >= 0.6 is 0 Å². The van der Waals surface area contributed by atoms with E-state index in [1.807, 2.05) is 13.0 Å². The molecule has 2 fully saturated rings. The molecule has 3 aromatic rings. The highest BCUT2D eigenvalue weighted by atomic mass is 19.1. The third-order valence-electron chi connectivity index (χ3n) is 8.73. The molecule has 2 N–H and O–H groups in total. The van der Waals surface area contributed by atoms with E-state index in [9.17, 15) is 32.3 Å². The van der Waals surface area contributed by atoms with E-state index in [-0.39, 0.29) is 36.5 Å². The predicted molar refractivity (Wildman–Crippen MR) is 148 cm³/mol. The van der Waals surface area contributed by atoms with Crippen molar-refractivity contribution in [1.82, 2.24) is 20.1 Å². The summed E-state index contributed by atoms with van der Waals surface area (Å²) in [6, 6.07) is 9.25. The maximum absolute atomic E-state index is 14.3. The zero-order valence-corrected chi connectivity index (χ0v) is 23.3. The first-order chi connectivity index (χ1) is 20.6. The zero-order chi connectivity index (χ0) is 30.5. The van der Waals surface area contributed by atoms with Crippen LogP contribution in [0.3, 0.4) is 0 Å². The molecular formula is C31H29F3N4O5. The Labute approximate surface area is 244 Å². The first kappa shape index (κ1) is 28.5. The molecule has 1 unspecified atom stereocenters. The highest BCUT2D eigenvalue weighted by molar-refractivity contribution is 5.99. The summed E-state index contributed by atoms with van der Waals surface area (Å²) in [6.07, 6.45) is 3.26. The number of aromatic nitrogens is 1. The molecule has 2 saturated heterocycles. The molecule has 3 amide bonds. The lowest BCUT2D eigenvalue weighted by Crippen LogP contribution is -2.56. The van der Waals surface area contributed by atoms with Crippen molar-refractivity contribution in [2.75, 3.05) is 6.54 Å². The van der Waals surface area contributed by atoms with Crippen LogP contribution in [0.4, 0.5) is 13.2 Å². The number of rotatable bonds is 6. The van der Waals surface area contributed by atoms with E-state index in [0.29, 0.717) is 43.4 Å². The summed E-state index contributed by atoms with van der Waals surface area (Å²) in [5.41, 5.74) is -1.90. The second-order valence-electron chi connectivity index (χ2n) is 11.3. The molecule has 1 aromatic heterocycles. The highest BCUT2D eigenvalue weighted by Gasteiger charge is 2.52. The van der Waals surface area contributed by atoms with Crippen molar-refractivity contribution in [3.05, 3.63) is 98.7 Å². The molecule has 2 aromatic carbocycles. The predicted octanol–water partition coefficient (Wildman–Crippen LogP) is 3.60. The van der Waals surface area contributed by atoms with Crippen molar-refractivity contribution in [3.8, 4) is 5.75 Å². The van der Waals surface area contributed by atoms with Crippen LogP contribution in [0.2, 0.25) is 0 Å². The molecule has 6 rings (SSSR count).